The molecule has 0 aromatic carbocycles. The summed E-state index contributed by atoms with van der Waals surface area (Å²) in [6.45, 7) is 0. The normalized spacial score (nSPS) is 0.800. The molecule has 0 N–H and O–H groups in total. The van der Waals surface area contributed by atoms with Crippen molar-refractivity contribution in [1.82, 2.24) is 0 Å². The van der Waals surface area contributed by atoms with Gasteiger partial charge in [-0.25, -0.2) is 0 Å². The molecular formula is H2Cl3SSb. The molecule has 0 fully saturated rings. The molecule has 0 aliphatic carbocycles. The zero-order valence-electron chi connectivity index (χ0n) is 2.08. The first-order chi connectivity index (χ1) is 1.00. The van der Waals surface area contributed by atoms with E-state index in [0.29, 0.717) is 0 Å². The number of thiol groups is 1. The molecule has 0 aromatic heterocycles. The summed E-state index contributed by atoms with van der Waals surface area (Å²) in [7, 11) is 3.62. The summed E-state index contributed by atoms with van der Waals surface area (Å²) in [5, 5.41) is 0. The predicted octanol–water partition coefficient (Wildman–Crippen LogP) is -9.26. The second kappa shape index (κ2) is 36.9. The van der Waals surface area contributed by atoms with Gasteiger partial charge >= 0.3 is 31.3 Å². The zero-order valence-corrected chi connectivity index (χ0v) is 8.10. The van der Waals surface area contributed by atoms with E-state index in [9.17, 15) is 0 Å². The fourth-order valence-electron chi connectivity index (χ4n) is 0. The number of halogens is 3. The number of rotatable bonds is 0. The molecule has 5 heteroatoms. The number of hydrogen-bond donors (Lipinski definition) is 1. The van der Waals surface area contributed by atoms with Crippen LogP contribution in [0.25, 0.3) is 0 Å². The van der Waals surface area contributed by atoms with Crippen molar-refractivity contribution in [2.24, 2.45) is 0 Å². The average Bonchev–Trinajstić information content (AvgIpc) is 1.00. The molecule has 0 rings (SSSR count). The Morgan fingerprint density at radius 1 is 0.800 bits per heavy atom. The van der Waals surface area contributed by atoms with Crippen LogP contribution in [0.2, 0.25) is 0 Å². The Morgan fingerprint density at radius 3 is 0.800 bits per heavy atom. The Hall–Kier alpha value is 2.04. The first-order valence-corrected chi connectivity index (χ1v) is 4.50. The van der Waals surface area contributed by atoms with Gasteiger partial charge in [0.25, 0.3) is 0 Å². The van der Waals surface area contributed by atoms with Crippen molar-refractivity contribution in [3.63, 3.8) is 0 Å². The molecule has 0 atom stereocenters. The molecule has 5 heavy (non-hydrogen) atoms. The van der Waals surface area contributed by atoms with Crippen LogP contribution in [0.5, 0.6) is 0 Å². The Kier molecular flexibility index (Phi) is 205. The van der Waals surface area contributed by atoms with Crippen molar-refractivity contribution in [3.05, 3.63) is 0 Å². The summed E-state index contributed by atoms with van der Waals surface area (Å²) in [5.74, 6) is 0. The third-order valence-electron chi connectivity index (χ3n) is 0. The van der Waals surface area contributed by atoms with Gasteiger partial charge in [-0.15, -0.1) is 0 Å². The molecule has 0 bridgehead atoms. The van der Waals surface area contributed by atoms with Gasteiger partial charge in [0.05, 0.1) is 0 Å². The maximum absolute atomic E-state index is 3.62. The summed E-state index contributed by atoms with van der Waals surface area (Å²) in [6, 6.07) is 0. The molecule has 0 spiro atoms. The van der Waals surface area contributed by atoms with Crippen LogP contribution in [0.4, 0.5) is 0 Å². The van der Waals surface area contributed by atoms with Gasteiger partial charge < -0.3 is 37.2 Å². The predicted molar refractivity (Wildman–Crippen MR) is 16.1 cm³/mol. The summed E-state index contributed by atoms with van der Waals surface area (Å²) >= 11 is 1.24. The molecular weight excluding hydrogens is 260 g/mol. The molecule has 0 unspecified atom stereocenters. The summed E-state index contributed by atoms with van der Waals surface area (Å²) in [4.78, 5) is 0. The molecule has 0 heterocycles. The van der Waals surface area contributed by atoms with Crippen molar-refractivity contribution in [2.45, 2.75) is 0 Å². The minimum absolute atomic E-state index is 0. The third kappa shape index (κ3) is 23.7. The van der Waals surface area contributed by atoms with E-state index in [1.165, 1.54) is 21.6 Å². The molecule has 0 aliphatic heterocycles. The monoisotopic (exact) mass is 260 g/mol. The van der Waals surface area contributed by atoms with Crippen LogP contribution in [0.15, 0.2) is 0 Å². The van der Waals surface area contributed by atoms with Gasteiger partial charge in [0, 0.05) is 0 Å². The van der Waals surface area contributed by atoms with Crippen LogP contribution in [0, 0.1) is 0 Å². The van der Waals surface area contributed by atoms with Gasteiger partial charge in [0.2, 0.25) is 0 Å². The molecule has 0 nitrogen and oxygen atoms in total. The second-order valence-corrected chi connectivity index (χ2v) is 0. The number of hydrogen-bond acceptors (Lipinski definition) is 1. The fourth-order valence-corrected chi connectivity index (χ4v) is 0. The van der Waals surface area contributed by atoms with E-state index in [0.717, 1.165) is 0 Å². The first-order valence-electron chi connectivity index (χ1n) is 0.224. The van der Waals surface area contributed by atoms with Crippen LogP contribution in [0.1, 0.15) is 0 Å². The molecule has 0 saturated carbocycles. The van der Waals surface area contributed by atoms with E-state index < -0.39 is 0 Å². The van der Waals surface area contributed by atoms with Gasteiger partial charge in [-0.1, -0.05) is 0 Å². The molecule has 0 aliphatic rings. The Labute approximate surface area is 68.0 Å². The third-order valence-corrected chi connectivity index (χ3v) is 0. The van der Waals surface area contributed by atoms with Crippen LogP contribution in [0.3, 0.4) is 0 Å². The van der Waals surface area contributed by atoms with Gasteiger partial charge in [-0.3, -0.25) is 0 Å². The van der Waals surface area contributed by atoms with E-state index in [4.69, 9.17) is 0 Å². The maximum atomic E-state index is 3.62. The van der Waals surface area contributed by atoms with Gasteiger partial charge in [0.1, 0.15) is 0 Å². The molecule has 0 saturated heterocycles. The topological polar surface area (TPSA) is 0 Å². The first kappa shape index (κ1) is 27.8. The van der Waals surface area contributed by atoms with Gasteiger partial charge in [0.15, 0.2) is 0 Å². The minimum atomic E-state index is 0. The standard InChI is InChI=1S/3ClH.H2S.Sb.H/h3*1H;1H2;;/q;;;;+4;/p-4. The van der Waals surface area contributed by atoms with Crippen LogP contribution in [-0.2, 0) is 0 Å². The molecule has 0 aromatic rings. The summed E-state index contributed by atoms with van der Waals surface area (Å²) in [5.41, 5.74) is 0. The Bertz CT molecular complexity index is 6.85. The molecule has 0 radical (unpaired) electrons. The Balaban J connectivity index is -0.00000000167. The molecule has 0 amide bonds. The van der Waals surface area contributed by atoms with Crippen LogP contribution < -0.4 is 37.2 Å². The second-order valence-electron chi connectivity index (χ2n) is 0. The van der Waals surface area contributed by atoms with Crippen LogP contribution >= 0.6 is 9.72 Å². The van der Waals surface area contributed by atoms with E-state index >= 15 is 0 Å². The van der Waals surface area contributed by atoms with Crippen LogP contribution in [-0.4, -0.2) is 21.6 Å². The van der Waals surface area contributed by atoms with E-state index in [-0.39, 0.29) is 37.2 Å². The Morgan fingerprint density at radius 2 is 0.800 bits per heavy atom. The van der Waals surface area contributed by atoms with Crippen molar-refractivity contribution in [1.29, 1.82) is 0 Å². The van der Waals surface area contributed by atoms with E-state index in [1.807, 2.05) is 0 Å². The SMILES string of the molecule is [Cl-].[Cl-].[Cl-].[SH][SbH+3]. The zero-order chi connectivity index (χ0) is 2.00. The van der Waals surface area contributed by atoms with Crippen molar-refractivity contribution in [3.8, 4) is 0 Å². The fraction of sp³-hybridized carbons (Fsp3) is 0. The average molecular weight is 262 g/mol. The van der Waals surface area contributed by atoms with Crippen molar-refractivity contribution < 1.29 is 37.2 Å². The summed E-state index contributed by atoms with van der Waals surface area (Å²) < 4.78 is 0. The van der Waals surface area contributed by atoms with Crippen molar-refractivity contribution in [2.75, 3.05) is 0 Å². The van der Waals surface area contributed by atoms with E-state index in [2.05, 4.69) is 9.72 Å². The van der Waals surface area contributed by atoms with Gasteiger partial charge in [-0.2, -0.15) is 0 Å². The quantitative estimate of drug-likeness (QED) is 0.325. The van der Waals surface area contributed by atoms with Crippen molar-refractivity contribution >= 4 is 31.3 Å². The van der Waals surface area contributed by atoms with Gasteiger partial charge in [-0.05, 0) is 0 Å². The molecule has 34 valence electrons. The van der Waals surface area contributed by atoms with E-state index in [1.54, 1.807) is 0 Å². The summed E-state index contributed by atoms with van der Waals surface area (Å²) in [6.07, 6.45) is 0.